The predicted octanol–water partition coefficient (Wildman–Crippen LogP) is 1.85. The van der Waals surface area contributed by atoms with E-state index < -0.39 is 5.97 Å². The quantitative estimate of drug-likeness (QED) is 0.470. The Hall–Kier alpha value is -1.10. The van der Waals surface area contributed by atoms with E-state index in [1.165, 1.54) is 0 Å². The molecule has 0 amide bonds. The molecule has 5 nitrogen and oxygen atoms in total. The summed E-state index contributed by atoms with van der Waals surface area (Å²) < 4.78 is 9.78. The van der Waals surface area contributed by atoms with Crippen molar-refractivity contribution in [3.63, 3.8) is 0 Å². The van der Waals surface area contributed by atoms with Crippen LogP contribution in [-0.2, 0) is 19.1 Å². The molecule has 0 radical (unpaired) electrons. The van der Waals surface area contributed by atoms with E-state index in [0.717, 1.165) is 25.7 Å². The molecule has 1 N–H and O–H groups in total. The molecule has 0 aromatic heterocycles. The maximum Gasteiger partial charge on any atom is 0.329 e. The highest BCUT2D eigenvalue weighted by Gasteiger charge is 2.16. The molecule has 0 aromatic carbocycles. The van der Waals surface area contributed by atoms with Gasteiger partial charge in [-0.1, -0.05) is 26.7 Å². The van der Waals surface area contributed by atoms with Crippen LogP contribution in [-0.4, -0.2) is 36.9 Å². The van der Waals surface area contributed by atoms with Crippen molar-refractivity contribution in [2.24, 2.45) is 5.92 Å². The fraction of sp³-hybridized carbons (Fsp3) is 0.833. The molecule has 0 saturated carbocycles. The van der Waals surface area contributed by atoms with E-state index in [1.54, 1.807) is 0 Å². The van der Waals surface area contributed by atoms with Crippen LogP contribution in [0.1, 0.15) is 39.5 Å². The Morgan fingerprint density at radius 2 is 1.94 bits per heavy atom. The minimum Gasteiger partial charge on any atom is -0.480 e. The molecule has 0 spiro atoms. The van der Waals surface area contributed by atoms with Gasteiger partial charge in [0.25, 0.3) is 0 Å². The summed E-state index contributed by atoms with van der Waals surface area (Å²) in [6.07, 6.45) is 3.70. The molecule has 0 fully saturated rings. The van der Waals surface area contributed by atoms with Gasteiger partial charge in [-0.25, -0.2) is 4.79 Å². The second-order valence-electron chi connectivity index (χ2n) is 3.86. The van der Waals surface area contributed by atoms with Crippen molar-refractivity contribution in [3.05, 3.63) is 0 Å². The average molecular weight is 246 g/mol. The largest absolute Gasteiger partial charge is 0.480 e. The molecule has 0 saturated heterocycles. The monoisotopic (exact) mass is 246 g/mol. The van der Waals surface area contributed by atoms with Gasteiger partial charge in [-0.15, -0.1) is 0 Å². The Balaban J connectivity index is 3.64. The van der Waals surface area contributed by atoms with Crippen molar-refractivity contribution in [2.45, 2.75) is 39.5 Å². The number of aliphatic carboxylic acids is 1. The highest BCUT2D eigenvalue weighted by molar-refractivity contribution is 5.72. The minimum absolute atomic E-state index is 0.0468. The zero-order valence-electron chi connectivity index (χ0n) is 10.6. The zero-order chi connectivity index (χ0) is 13.1. The van der Waals surface area contributed by atoms with E-state index in [1.807, 2.05) is 6.92 Å². The normalized spacial score (nSPS) is 12.1. The van der Waals surface area contributed by atoms with Crippen molar-refractivity contribution >= 4 is 11.9 Å². The van der Waals surface area contributed by atoms with Gasteiger partial charge in [-0.05, 0) is 12.8 Å². The smallest absolute Gasteiger partial charge is 0.329 e. The lowest BCUT2D eigenvalue weighted by Crippen LogP contribution is -2.20. The van der Waals surface area contributed by atoms with Crippen LogP contribution in [0.5, 0.6) is 0 Å². The first-order valence-electron chi connectivity index (χ1n) is 6.07. The molecule has 1 unspecified atom stereocenters. The Morgan fingerprint density at radius 1 is 1.24 bits per heavy atom. The lowest BCUT2D eigenvalue weighted by atomic mass is 10.00. The number of ether oxygens (including phenoxy) is 2. The first kappa shape index (κ1) is 15.9. The van der Waals surface area contributed by atoms with Crippen LogP contribution in [0, 0.1) is 5.92 Å². The Morgan fingerprint density at radius 3 is 2.47 bits per heavy atom. The van der Waals surface area contributed by atoms with Crippen LogP contribution in [0.2, 0.25) is 0 Å². The molecular formula is C12H22O5. The second kappa shape index (κ2) is 10.1. The maximum absolute atomic E-state index is 11.6. The van der Waals surface area contributed by atoms with Crippen LogP contribution >= 0.6 is 0 Å². The average Bonchev–Trinajstić information content (AvgIpc) is 2.29. The van der Waals surface area contributed by atoms with E-state index in [-0.39, 0.29) is 31.7 Å². The lowest BCUT2D eigenvalue weighted by Gasteiger charge is -2.13. The minimum atomic E-state index is -1.02. The molecule has 5 heteroatoms. The fourth-order valence-electron chi connectivity index (χ4n) is 1.42. The highest BCUT2D eigenvalue weighted by atomic mass is 16.6. The van der Waals surface area contributed by atoms with Gasteiger partial charge >= 0.3 is 11.9 Å². The van der Waals surface area contributed by atoms with E-state index in [4.69, 9.17) is 14.6 Å². The fourth-order valence-corrected chi connectivity index (χ4v) is 1.42. The topological polar surface area (TPSA) is 72.8 Å². The van der Waals surface area contributed by atoms with E-state index in [2.05, 4.69) is 6.92 Å². The first-order valence-corrected chi connectivity index (χ1v) is 6.07. The number of carbonyl (C=O) groups excluding carboxylic acids is 1. The van der Waals surface area contributed by atoms with Gasteiger partial charge < -0.3 is 14.6 Å². The molecule has 0 aliphatic heterocycles. The van der Waals surface area contributed by atoms with Gasteiger partial charge in [0.15, 0.2) is 0 Å². The molecule has 100 valence electrons. The summed E-state index contributed by atoms with van der Waals surface area (Å²) in [5, 5.41) is 8.31. The Kier molecular flexibility index (Phi) is 9.43. The summed E-state index contributed by atoms with van der Waals surface area (Å²) >= 11 is 0. The summed E-state index contributed by atoms with van der Waals surface area (Å²) in [5.74, 6) is -1.28. The van der Waals surface area contributed by atoms with Crippen LogP contribution in [0.4, 0.5) is 0 Å². The Bertz CT molecular complexity index is 227. The zero-order valence-corrected chi connectivity index (χ0v) is 10.6. The van der Waals surface area contributed by atoms with E-state index >= 15 is 0 Å². The van der Waals surface area contributed by atoms with E-state index in [0.29, 0.717) is 0 Å². The molecule has 0 heterocycles. The SMILES string of the molecule is CCCCC(CC)C(=O)OCCOCC(=O)O. The number of carboxylic acids is 1. The standard InChI is InChI=1S/C12H22O5/c1-3-5-6-10(4-2)12(15)17-8-7-16-9-11(13)14/h10H,3-9H2,1-2H3,(H,13,14). The van der Waals surface area contributed by atoms with Crippen molar-refractivity contribution in [3.8, 4) is 0 Å². The number of esters is 1. The van der Waals surface area contributed by atoms with Gasteiger partial charge in [-0.2, -0.15) is 0 Å². The predicted molar refractivity (Wildman–Crippen MR) is 62.7 cm³/mol. The van der Waals surface area contributed by atoms with Gasteiger partial charge in [0.05, 0.1) is 12.5 Å². The maximum atomic E-state index is 11.6. The first-order chi connectivity index (χ1) is 8.11. The number of carboxylic acid groups (broad SMARTS) is 1. The van der Waals surface area contributed by atoms with Crippen molar-refractivity contribution in [1.82, 2.24) is 0 Å². The molecule has 0 aromatic rings. The summed E-state index contributed by atoms with van der Waals surface area (Å²) in [4.78, 5) is 21.7. The Labute approximate surface area is 102 Å². The summed E-state index contributed by atoms with van der Waals surface area (Å²) in [6.45, 7) is 3.93. The van der Waals surface area contributed by atoms with Gasteiger partial charge in [0, 0.05) is 0 Å². The summed E-state index contributed by atoms with van der Waals surface area (Å²) in [5.41, 5.74) is 0. The molecule has 0 aliphatic carbocycles. The number of rotatable bonds is 10. The second-order valence-corrected chi connectivity index (χ2v) is 3.86. The lowest BCUT2D eigenvalue weighted by molar-refractivity contribution is -0.151. The summed E-state index contributed by atoms with van der Waals surface area (Å²) in [6, 6.07) is 0. The van der Waals surface area contributed by atoms with Crippen LogP contribution in [0.15, 0.2) is 0 Å². The van der Waals surface area contributed by atoms with Gasteiger partial charge in [-0.3, -0.25) is 4.79 Å². The number of carbonyl (C=O) groups is 2. The highest BCUT2D eigenvalue weighted by Crippen LogP contribution is 2.14. The molecule has 0 rings (SSSR count). The third-order valence-electron chi connectivity index (χ3n) is 2.43. The molecule has 17 heavy (non-hydrogen) atoms. The number of unbranched alkanes of at least 4 members (excludes halogenated alkanes) is 1. The number of hydrogen-bond donors (Lipinski definition) is 1. The van der Waals surface area contributed by atoms with Gasteiger partial charge in [0.1, 0.15) is 13.2 Å². The van der Waals surface area contributed by atoms with Crippen molar-refractivity contribution in [2.75, 3.05) is 19.8 Å². The number of hydrogen-bond acceptors (Lipinski definition) is 4. The third kappa shape index (κ3) is 8.68. The van der Waals surface area contributed by atoms with Gasteiger partial charge in [0.2, 0.25) is 0 Å². The molecular weight excluding hydrogens is 224 g/mol. The molecule has 0 aliphatic rings. The molecule has 1 atom stereocenters. The van der Waals surface area contributed by atoms with Crippen LogP contribution < -0.4 is 0 Å². The third-order valence-corrected chi connectivity index (χ3v) is 2.43. The van der Waals surface area contributed by atoms with Crippen molar-refractivity contribution < 1.29 is 24.2 Å². The van der Waals surface area contributed by atoms with E-state index in [9.17, 15) is 9.59 Å². The molecule has 0 bridgehead atoms. The summed E-state index contributed by atoms with van der Waals surface area (Å²) in [7, 11) is 0. The van der Waals surface area contributed by atoms with Crippen molar-refractivity contribution in [1.29, 1.82) is 0 Å². The van der Waals surface area contributed by atoms with Crippen LogP contribution in [0.25, 0.3) is 0 Å². The van der Waals surface area contributed by atoms with Crippen LogP contribution in [0.3, 0.4) is 0 Å².